The average molecular weight is 377 g/mol. The summed E-state index contributed by atoms with van der Waals surface area (Å²) in [6.45, 7) is 1.80. The van der Waals surface area contributed by atoms with Gasteiger partial charge in [0.1, 0.15) is 11.5 Å². The van der Waals surface area contributed by atoms with Crippen LogP contribution in [0.5, 0.6) is 0 Å². The van der Waals surface area contributed by atoms with E-state index in [2.05, 4.69) is 15.4 Å². The zero-order chi connectivity index (χ0) is 19.0. The molecule has 0 saturated carbocycles. The van der Waals surface area contributed by atoms with E-state index in [0.29, 0.717) is 33.3 Å². The monoisotopic (exact) mass is 377 g/mol. The van der Waals surface area contributed by atoms with Crippen LogP contribution in [0.2, 0.25) is 0 Å². The summed E-state index contributed by atoms with van der Waals surface area (Å²) in [5.41, 5.74) is 2.99. The number of rotatable bonds is 4. The molecule has 0 saturated heterocycles. The van der Waals surface area contributed by atoms with Crippen molar-refractivity contribution in [3.63, 3.8) is 0 Å². The minimum atomic E-state index is -1.24. The number of hydrogen-bond donors (Lipinski definition) is 1. The number of aromatic carboxylic acids is 1. The highest BCUT2D eigenvalue weighted by Gasteiger charge is 2.22. The van der Waals surface area contributed by atoms with Gasteiger partial charge in [-0.3, -0.25) is 9.67 Å². The first-order valence-corrected chi connectivity index (χ1v) is 8.48. The fraction of sp³-hybridized carbons (Fsp3) is 0.0526. The summed E-state index contributed by atoms with van der Waals surface area (Å²) in [5.74, 6) is -0.118. The molecule has 0 unspecified atom stereocenters. The van der Waals surface area contributed by atoms with Crippen molar-refractivity contribution in [1.29, 1.82) is 0 Å². The summed E-state index contributed by atoms with van der Waals surface area (Å²) in [7, 11) is 0. The summed E-state index contributed by atoms with van der Waals surface area (Å²) in [6, 6.07) is 15.8. The van der Waals surface area contributed by atoms with Crippen molar-refractivity contribution in [1.82, 2.24) is 19.9 Å². The summed E-state index contributed by atoms with van der Waals surface area (Å²) >= 11 is 5.38. The van der Waals surface area contributed by atoms with Crippen LogP contribution in [0.3, 0.4) is 0 Å². The minimum absolute atomic E-state index is 0.0847. The SMILES string of the molecule is Cc1onc(-c2ccccc2)c1-c1n[nH]c(=S)n1-c1ccc(C(=O)[O-])cc1. The Morgan fingerprint density at radius 2 is 1.85 bits per heavy atom. The summed E-state index contributed by atoms with van der Waals surface area (Å²) in [5, 5.41) is 22.3. The largest absolute Gasteiger partial charge is 0.545 e. The highest BCUT2D eigenvalue weighted by Crippen LogP contribution is 2.34. The van der Waals surface area contributed by atoms with Gasteiger partial charge in [-0.25, -0.2) is 0 Å². The first kappa shape index (κ1) is 16.9. The van der Waals surface area contributed by atoms with Crippen molar-refractivity contribution < 1.29 is 14.4 Å². The van der Waals surface area contributed by atoms with E-state index in [-0.39, 0.29) is 5.56 Å². The van der Waals surface area contributed by atoms with Crippen LogP contribution >= 0.6 is 12.2 Å². The Hall–Kier alpha value is -3.52. The smallest absolute Gasteiger partial charge is 0.200 e. The number of carbonyl (C=O) groups excluding carboxylic acids is 1. The molecular formula is C19H13N4O3S-. The molecule has 0 fully saturated rings. The van der Waals surface area contributed by atoms with Crippen molar-refractivity contribution in [3.8, 4) is 28.3 Å². The van der Waals surface area contributed by atoms with Crippen molar-refractivity contribution >= 4 is 18.2 Å². The number of aromatic amines is 1. The van der Waals surface area contributed by atoms with E-state index in [4.69, 9.17) is 16.7 Å². The number of benzene rings is 2. The molecule has 0 spiro atoms. The summed E-state index contributed by atoms with van der Waals surface area (Å²) in [6.07, 6.45) is 0. The van der Waals surface area contributed by atoms with E-state index in [0.717, 1.165) is 5.56 Å². The van der Waals surface area contributed by atoms with Gasteiger partial charge in [0.05, 0.1) is 17.2 Å². The predicted molar refractivity (Wildman–Crippen MR) is 98.7 cm³/mol. The van der Waals surface area contributed by atoms with Crippen LogP contribution in [0.1, 0.15) is 16.1 Å². The Labute approximate surface area is 158 Å². The van der Waals surface area contributed by atoms with Crippen LogP contribution in [0, 0.1) is 11.7 Å². The second-order valence-electron chi connectivity index (χ2n) is 5.85. The zero-order valence-corrected chi connectivity index (χ0v) is 15.0. The number of nitrogens with zero attached hydrogens (tertiary/aromatic N) is 3. The standard InChI is InChI=1S/C19H14N4O3S/c1-11-15(16(22-26-11)12-5-3-2-4-6-12)17-20-21-19(27)23(17)14-9-7-13(8-10-14)18(24)25/h2-10H,1H3,(H,21,27)(H,24,25)/p-1. The minimum Gasteiger partial charge on any atom is -0.545 e. The van der Waals surface area contributed by atoms with E-state index < -0.39 is 5.97 Å². The van der Waals surface area contributed by atoms with Crippen molar-refractivity contribution in [2.24, 2.45) is 0 Å². The molecular weight excluding hydrogens is 364 g/mol. The number of carboxylic acids is 1. The third-order valence-corrected chi connectivity index (χ3v) is 4.44. The lowest BCUT2D eigenvalue weighted by Crippen LogP contribution is -2.22. The molecule has 7 nitrogen and oxygen atoms in total. The Morgan fingerprint density at radius 3 is 2.52 bits per heavy atom. The Kier molecular flexibility index (Phi) is 4.17. The first-order chi connectivity index (χ1) is 13.1. The number of aromatic nitrogens is 4. The zero-order valence-electron chi connectivity index (χ0n) is 14.2. The fourth-order valence-corrected chi connectivity index (χ4v) is 3.12. The quantitative estimate of drug-likeness (QED) is 0.549. The molecule has 2 aromatic heterocycles. The maximum atomic E-state index is 11.0. The lowest BCUT2D eigenvalue weighted by atomic mass is 10.1. The number of hydrogen-bond acceptors (Lipinski definition) is 6. The molecule has 0 amide bonds. The van der Waals surface area contributed by atoms with Crippen molar-refractivity contribution in [3.05, 3.63) is 70.7 Å². The van der Waals surface area contributed by atoms with Crippen molar-refractivity contribution in [2.45, 2.75) is 6.92 Å². The lowest BCUT2D eigenvalue weighted by Gasteiger charge is -2.09. The van der Waals surface area contributed by atoms with E-state index >= 15 is 0 Å². The average Bonchev–Trinajstić information content (AvgIpc) is 3.25. The highest BCUT2D eigenvalue weighted by molar-refractivity contribution is 7.71. The molecule has 2 aromatic carbocycles. The van der Waals surface area contributed by atoms with Gasteiger partial charge in [0, 0.05) is 5.56 Å². The maximum absolute atomic E-state index is 11.0. The van der Waals surface area contributed by atoms with Crippen LogP contribution in [-0.4, -0.2) is 25.9 Å². The third-order valence-electron chi connectivity index (χ3n) is 4.17. The van der Waals surface area contributed by atoms with Crippen molar-refractivity contribution in [2.75, 3.05) is 0 Å². The fourth-order valence-electron chi connectivity index (χ4n) is 2.88. The summed E-state index contributed by atoms with van der Waals surface area (Å²) in [4.78, 5) is 11.0. The second-order valence-corrected chi connectivity index (χ2v) is 6.24. The van der Waals surface area contributed by atoms with Crippen LogP contribution in [-0.2, 0) is 0 Å². The van der Waals surface area contributed by atoms with E-state index in [1.807, 2.05) is 30.3 Å². The molecule has 27 heavy (non-hydrogen) atoms. The second kappa shape index (κ2) is 6.65. The van der Waals surface area contributed by atoms with Gasteiger partial charge in [-0.1, -0.05) is 47.6 Å². The Bertz CT molecular complexity index is 1170. The predicted octanol–water partition coefficient (Wildman–Crippen LogP) is 2.92. The number of carboxylic acid groups (broad SMARTS) is 1. The molecule has 0 atom stereocenters. The van der Waals surface area contributed by atoms with Gasteiger partial charge < -0.3 is 14.4 Å². The number of aryl methyl sites for hydroxylation is 1. The van der Waals surface area contributed by atoms with Gasteiger partial charge in [0.2, 0.25) is 0 Å². The molecule has 0 aliphatic heterocycles. The van der Waals surface area contributed by atoms with Crippen LogP contribution in [0.4, 0.5) is 0 Å². The van der Waals surface area contributed by atoms with Gasteiger partial charge >= 0.3 is 0 Å². The molecule has 2 heterocycles. The lowest BCUT2D eigenvalue weighted by molar-refractivity contribution is -0.255. The molecule has 8 heteroatoms. The van der Waals surface area contributed by atoms with Gasteiger partial charge in [-0.15, -0.1) is 0 Å². The van der Waals surface area contributed by atoms with E-state index in [9.17, 15) is 9.90 Å². The number of carbonyl (C=O) groups is 1. The third kappa shape index (κ3) is 2.96. The maximum Gasteiger partial charge on any atom is 0.200 e. The van der Waals surface area contributed by atoms with Crippen LogP contribution < -0.4 is 5.11 Å². The van der Waals surface area contributed by atoms with Gasteiger partial charge in [0.25, 0.3) is 0 Å². The molecule has 4 aromatic rings. The topological polar surface area (TPSA) is 99.8 Å². The molecule has 0 aliphatic carbocycles. The molecule has 0 bridgehead atoms. The normalized spacial score (nSPS) is 10.9. The molecule has 4 rings (SSSR count). The molecule has 0 radical (unpaired) electrons. The summed E-state index contributed by atoms with van der Waals surface area (Å²) < 4.78 is 7.49. The highest BCUT2D eigenvalue weighted by atomic mass is 32.1. The van der Waals surface area contributed by atoms with Gasteiger partial charge in [-0.2, -0.15) is 5.10 Å². The van der Waals surface area contributed by atoms with Gasteiger partial charge in [0.15, 0.2) is 10.6 Å². The molecule has 1 N–H and O–H groups in total. The van der Waals surface area contributed by atoms with Crippen LogP contribution in [0.25, 0.3) is 28.3 Å². The Morgan fingerprint density at radius 1 is 1.15 bits per heavy atom. The van der Waals surface area contributed by atoms with E-state index in [1.165, 1.54) is 12.1 Å². The number of H-pyrrole nitrogens is 1. The molecule has 134 valence electrons. The Balaban J connectivity index is 1.90. The first-order valence-electron chi connectivity index (χ1n) is 8.07. The number of nitrogens with one attached hydrogen (secondary N) is 1. The van der Waals surface area contributed by atoms with Crippen LogP contribution in [0.15, 0.2) is 59.1 Å². The molecule has 0 aliphatic rings. The van der Waals surface area contributed by atoms with Gasteiger partial charge in [-0.05, 0) is 36.8 Å². The van der Waals surface area contributed by atoms with E-state index in [1.54, 1.807) is 23.6 Å².